The van der Waals surface area contributed by atoms with Crippen molar-refractivity contribution < 1.29 is 0 Å². The summed E-state index contributed by atoms with van der Waals surface area (Å²) in [5, 5.41) is 1.17. The van der Waals surface area contributed by atoms with Gasteiger partial charge >= 0.3 is 0 Å². The average molecular weight is 226 g/mol. The predicted octanol–water partition coefficient (Wildman–Crippen LogP) is 2.05. The summed E-state index contributed by atoms with van der Waals surface area (Å²) >= 11 is 2.95. The predicted molar refractivity (Wildman–Crippen MR) is 61.5 cm³/mol. The number of hydrogen-bond donors (Lipinski definition) is 2. The van der Waals surface area contributed by atoms with Gasteiger partial charge in [-0.1, -0.05) is 22.7 Å². The van der Waals surface area contributed by atoms with Crippen molar-refractivity contribution in [2.45, 2.75) is 13.8 Å². The standard InChI is InChI=1S/C8H10N4S2/c1-3-5(13-7(9)11-3)6-4(2)12-8(10)14-6/h1-2H3,(H2,9,11)(H2,10,12). The number of nitrogens with zero attached hydrogens (tertiary/aromatic N) is 2. The zero-order chi connectivity index (χ0) is 10.3. The molecule has 0 unspecified atom stereocenters. The fourth-order valence-electron chi connectivity index (χ4n) is 1.26. The molecule has 0 spiro atoms. The highest BCUT2D eigenvalue weighted by Gasteiger charge is 2.14. The summed E-state index contributed by atoms with van der Waals surface area (Å²) in [6.45, 7) is 3.88. The van der Waals surface area contributed by atoms with Crippen molar-refractivity contribution in [3.8, 4) is 9.75 Å². The first kappa shape index (κ1) is 9.42. The summed E-state index contributed by atoms with van der Waals surface area (Å²) < 4.78 is 0. The molecule has 2 aromatic rings. The van der Waals surface area contributed by atoms with Crippen molar-refractivity contribution >= 4 is 32.9 Å². The van der Waals surface area contributed by atoms with Gasteiger partial charge in [0, 0.05) is 0 Å². The van der Waals surface area contributed by atoms with Crippen LogP contribution in [0.3, 0.4) is 0 Å². The first-order valence-electron chi connectivity index (χ1n) is 4.04. The molecule has 14 heavy (non-hydrogen) atoms. The van der Waals surface area contributed by atoms with Crippen LogP contribution in [-0.4, -0.2) is 9.97 Å². The normalized spacial score (nSPS) is 10.7. The fraction of sp³-hybridized carbons (Fsp3) is 0.250. The SMILES string of the molecule is Cc1nc(N)sc1-c1sc(N)nc1C. The Morgan fingerprint density at radius 2 is 1.21 bits per heavy atom. The average Bonchev–Trinajstić information content (AvgIpc) is 2.55. The summed E-state index contributed by atoms with van der Waals surface area (Å²) in [6, 6.07) is 0. The summed E-state index contributed by atoms with van der Waals surface area (Å²) in [6.07, 6.45) is 0. The highest BCUT2D eigenvalue weighted by Crippen LogP contribution is 2.37. The van der Waals surface area contributed by atoms with Crippen molar-refractivity contribution in [3.05, 3.63) is 11.4 Å². The van der Waals surface area contributed by atoms with E-state index in [-0.39, 0.29) is 0 Å². The molecule has 0 saturated heterocycles. The van der Waals surface area contributed by atoms with E-state index < -0.39 is 0 Å². The molecule has 0 bridgehead atoms. The number of aryl methyl sites for hydroxylation is 2. The first-order chi connectivity index (χ1) is 6.58. The Hall–Kier alpha value is -1.14. The van der Waals surface area contributed by atoms with Gasteiger partial charge in [-0.25, -0.2) is 9.97 Å². The van der Waals surface area contributed by atoms with Crippen LogP contribution in [0.5, 0.6) is 0 Å². The summed E-state index contributed by atoms with van der Waals surface area (Å²) in [5.41, 5.74) is 13.2. The molecule has 2 heterocycles. The Morgan fingerprint density at radius 3 is 1.43 bits per heavy atom. The molecule has 0 saturated carbocycles. The minimum absolute atomic E-state index is 0.587. The van der Waals surface area contributed by atoms with Crippen LogP contribution >= 0.6 is 22.7 Å². The molecule has 2 aromatic heterocycles. The highest BCUT2D eigenvalue weighted by atomic mass is 32.1. The van der Waals surface area contributed by atoms with Gasteiger partial charge in [-0.2, -0.15) is 0 Å². The Labute approximate surface area is 89.6 Å². The molecule has 0 aromatic carbocycles. The van der Waals surface area contributed by atoms with Gasteiger partial charge < -0.3 is 11.5 Å². The number of hydrogen-bond acceptors (Lipinski definition) is 6. The number of anilines is 2. The zero-order valence-electron chi connectivity index (χ0n) is 7.87. The molecule has 0 aliphatic heterocycles. The van der Waals surface area contributed by atoms with Crippen LogP contribution in [0.25, 0.3) is 9.75 Å². The van der Waals surface area contributed by atoms with Crippen LogP contribution in [0.4, 0.5) is 10.3 Å². The smallest absolute Gasteiger partial charge is 0.180 e. The Balaban J connectivity index is 2.59. The van der Waals surface area contributed by atoms with Crippen LogP contribution in [-0.2, 0) is 0 Å². The first-order valence-corrected chi connectivity index (χ1v) is 5.67. The second-order valence-electron chi connectivity index (χ2n) is 2.93. The lowest BCUT2D eigenvalue weighted by Gasteiger charge is -1.92. The lowest BCUT2D eigenvalue weighted by Crippen LogP contribution is -1.81. The Morgan fingerprint density at radius 1 is 0.857 bits per heavy atom. The second kappa shape index (κ2) is 3.21. The van der Waals surface area contributed by atoms with E-state index in [4.69, 9.17) is 11.5 Å². The minimum atomic E-state index is 0.587. The molecule has 0 fully saturated rings. The van der Waals surface area contributed by atoms with Gasteiger partial charge in [0.15, 0.2) is 10.3 Å². The van der Waals surface area contributed by atoms with E-state index in [2.05, 4.69) is 9.97 Å². The number of thiazole rings is 2. The van der Waals surface area contributed by atoms with Gasteiger partial charge in [-0.15, -0.1) is 0 Å². The van der Waals surface area contributed by atoms with E-state index in [9.17, 15) is 0 Å². The van der Waals surface area contributed by atoms with Crippen molar-refractivity contribution in [1.82, 2.24) is 9.97 Å². The van der Waals surface area contributed by atoms with Crippen LogP contribution in [0.15, 0.2) is 0 Å². The third-order valence-electron chi connectivity index (χ3n) is 1.83. The molecular formula is C8H10N4S2. The number of nitrogens with two attached hydrogens (primary N) is 2. The van der Waals surface area contributed by atoms with Gasteiger partial charge in [0.2, 0.25) is 0 Å². The molecule has 0 aliphatic rings. The Kier molecular flexibility index (Phi) is 2.16. The highest BCUT2D eigenvalue weighted by molar-refractivity contribution is 7.25. The molecule has 4 N–H and O–H groups in total. The third-order valence-corrected chi connectivity index (χ3v) is 3.97. The van der Waals surface area contributed by atoms with Crippen molar-refractivity contribution in [2.24, 2.45) is 0 Å². The zero-order valence-corrected chi connectivity index (χ0v) is 9.50. The number of rotatable bonds is 1. The van der Waals surface area contributed by atoms with E-state index in [0.29, 0.717) is 10.3 Å². The number of nitrogen functional groups attached to an aromatic ring is 2. The molecule has 6 heteroatoms. The maximum absolute atomic E-state index is 5.63. The van der Waals surface area contributed by atoms with E-state index in [1.807, 2.05) is 13.8 Å². The van der Waals surface area contributed by atoms with Gasteiger partial charge in [0.05, 0.1) is 21.1 Å². The maximum Gasteiger partial charge on any atom is 0.180 e. The van der Waals surface area contributed by atoms with Crippen molar-refractivity contribution in [2.75, 3.05) is 11.5 Å². The lowest BCUT2D eigenvalue weighted by molar-refractivity contribution is 1.25. The molecule has 0 amide bonds. The summed E-state index contributed by atoms with van der Waals surface area (Å²) in [5.74, 6) is 0. The van der Waals surface area contributed by atoms with Gasteiger partial charge in [0.25, 0.3) is 0 Å². The van der Waals surface area contributed by atoms with Gasteiger partial charge in [-0.05, 0) is 13.8 Å². The summed E-state index contributed by atoms with van der Waals surface area (Å²) in [4.78, 5) is 10.5. The third kappa shape index (κ3) is 1.46. The Bertz CT molecular complexity index is 427. The molecule has 0 atom stereocenters. The van der Waals surface area contributed by atoms with E-state index in [0.717, 1.165) is 21.1 Å². The van der Waals surface area contributed by atoms with Crippen LogP contribution in [0, 0.1) is 13.8 Å². The van der Waals surface area contributed by atoms with Gasteiger partial charge in [-0.3, -0.25) is 0 Å². The molecule has 0 radical (unpaired) electrons. The lowest BCUT2D eigenvalue weighted by atomic mass is 10.3. The van der Waals surface area contributed by atoms with Crippen molar-refractivity contribution in [1.29, 1.82) is 0 Å². The summed E-state index contributed by atoms with van der Waals surface area (Å²) in [7, 11) is 0. The monoisotopic (exact) mass is 226 g/mol. The van der Waals surface area contributed by atoms with Crippen LogP contribution in [0.2, 0.25) is 0 Å². The van der Waals surface area contributed by atoms with Crippen molar-refractivity contribution in [3.63, 3.8) is 0 Å². The second-order valence-corrected chi connectivity index (χ2v) is 4.99. The van der Waals surface area contributed by atoms with Crippen LogP contribution < -0.4 is 11.5 Å². The minimum Gasteiger partial charge on any atom is -0.375 e. The van der Waals surface area contributed by atoms with Gasteiger partial charge in [0.1, 0.15) is 0 Å². The maximum atomic E-state index is 5.63. The van der Waals surface area contributed by atoms with Crippen LogP contribution in [0.1, 0.15) is 11.4 Å². The molecule has 0 aliphatic carbocycles. The molecule has 4 nitrogen and oxygen atoms in total. The fourth-order valence-corrected chi connectivity index (χ4v) is 3.16. The van der Waals surface area contributed by atoms with E-state index in [1.54, 1.807) is 0 Å². The van der Waals surface area contributed by atoms with E-state index >= 15 is 0 Å². The largest absolute Gasteiger partial charge is 0.375 e. The van der Waals surface area contributed by atoms with E-state index in [1.165, 1.54) is 22.7 Å². The number of aromatic nitrogens is 2. The molecule has 2 rings (SSSR count). The quantitative estimate of drug-likeness (QED) is 0.780. The molecular weight excluding hydrogens is 216 g/mol. The topological polar surface area (TPSA) is 77.8 Å². The molecule has 74 valence electrons.